The molecule has 5 nitrogen and oxygen atoms in total. The van der Waals surface area contributed by atoms with E-state index in [1.54, 1.807) is 27.0 Å². The Balaban J connectivity index is 1.97. The second-order valence-corrected chi connectivity index (χ2v) is 10.6. The van der Waals surface area contributed by atoms with Gasteiger partial charge in [0, 0.05) is 17.4 Å². The smallest absolute Gasteiger partial charge is 0.224 e. The normalized spacial score (nSPS) is 17.4. The zero-order chi connectivity index (χ0) is 18.4. The van der Waals surface area contributed by atoms with Crippen LogP contribution in [-0.2, 0) is 16.3 Å². The number of rotatable bonds is 3. The highest BCUT2D eigenvalue weighted by atomic mass is 35.5. The van der Waals surface area contributed by atoms with E-state index in [9.17, 15) is 8.42 Å². The van der Waals surface area contributed by atoms with E-state index in [0.717, 1.165) is 28.8 Å². The fraction of sp³-hybridized carbons (Fsp3) is 0.444. The van der Waals surface area contributed by atoms with Crippen LogP contribution in [0.2, 0.25) is 5.28 Å². The highest BCUT2D eigenvalue weighted by Gasteiger charge is 2.41. The molecule has 1 heterocycles. The summed E-state index contributed by atoms with van der Waals surface area (Å²) in [5.74, 6) is 0.619. The molecule has 0 spiro atoms. The summed E-state index contributed by atoms with van der Waals surface area (Å²) in [5, 5.41) is 2.93. The van der Waals surface area contributed by atoms with Crippen molar-refractivity contribution in [3.8, 4) is 0 Å². The standard InChI is InChI=1S/C18H22ClN3O2S/c1-11-10-20-17(19)22-16(11)21-13-7-5-12-6-8-15(14(12)9-13)25(23,24)18(2,3)4/h5,7,9-10,15H,6,8H2,1-4H3,(H,20,21,22). The molecule has 1 atom stereocenters. The molecule has 0 fully saturated rings. The summed E-state index contributed by atoms with van der Waals surface area (Å²) in [6.07, 6.45) is 3.07. The average molecular weight is 380 g/mol. The van der Waals surface area contributed by atoms with E-state index in [2.05, 4.69) is 15.3 Å². The molecule has 1 aromatic heterocycles. The molecule has 0 aliphatic heterocycles. The number of fused-ring (bicyclic) bond motifs is 1. The van der Waals surface area contributed by atoms with Gasteiger partial charge >= 0.3 is 0 Å². The van der Waals surface area contributed by atoms with Gasteiger partial charge in [0.05, 0.1) is 10.00 Å². The van der Waals surface area contributed by atoms with E-state index < -0.39 is 19.8 Å². The van der Waals surface area contributed by atoms with Gasteiger partial charge in [0.2, 0.25) is 5.28 Å². The minimum atomic E-state index is -3.27. The fourth-order valence-corrected chi connectivity index (χ4v) is 5.04. The van der Waals surface area contributed by atoms with Gasteiger partial charge in [0.15, 0.2) is 9.84 Å². The van der Waals surface area contributed by atoms with Crippen molar-refractivity contribution in [1.82, 2.24) is 9.97 Å². The van der Waals surface area contributed by atoms with Gasteiger partial charge in [-0.25, -0.2) is 18.4 Å². The number of nitrogens with zero attached hydrogens (tertiary/aromatic N) is 2. The maximum absolute atomic E-state index is 12.9. The number of nitrogens with one attached hydrogen (secondary N) is 1. The lowest BCUT2D eigenvalue weighted by Gasteiger charge is -2.25. The zero-order valence-electron chi connectivity index (χ0n) is 14.8. The van der Waals surface area contributed by atoms with Crippen molar-refractivity contribution in [3.05, 3.63) is 46.4 Å². The monoisotopic (exact) mass is 379 g/mol. The highest BCUT2D eigenvalue weighted by Crippen LogP contribution is 2.42. The molecule has 1 N–H and O–H groups in total. The van der Waals surface area contributed by atoms with E-state index in [0.29, 0.717) is 12.2 Å². The molecule has 1 aromatic carbocycles. The summed E-state index contributed by atoms with van der Waals surface area (Å²) in [5.41, 5.74) is 3.65. The van der Waals surface area contributed by atoms with Crippen LogP contribution in [-0.4, -0.2) is 23.1 Å². The van der Waals surface area contributed by atoms with Crippen molar-refractivity contribution in [2.45, 2.75) is 50.5 Å². The summed E-state index contributed by atoms with van der Waals surface area (Å²) in [4.78, 5) is 8.14. The molecule has 0 radical (unpaired) electrons. The molecule has 1 aliphatic rings. The van der Waals surface area contributed by atoms with E-state index >= 15 is 0 Å². The molecule has 3 rings (SSSR count). The van der Waals surface area contributed by atoms with Crippen molar-refractivity contribution >= 4 is 32.9 Å². The van der Waals surface area contributed by atoms with Crippen LogP contribution in [0.5, 0.6) is 0 Å². The van der Waals surface area contributed by atoms with Crippen molar-refractivity contribution in [1.29, 1.82) is 0 Å². The second kappa shape index (κ2) is 6.25. The molecule has 7 heteroatoms. The van der Waals surface area contributed by atoms with Crippen molar-refractivity contribution < 1.29 is 8.42 Å². The Kier molecular flexibility index (Phi) is 4.54. The molecule has 0 saturated carbocycles. The maximum atomic E-state index is 12.9. The topological polar surface area (TPSA) is 72.0 Å². The minimum Gasteiger partial charge on any atom is -0.340 e. The van der Waals surface area contributed by atoms with Gasteiger partial charge in [-0.2, -0.15) is 0 Å². The van der Waals surface area contributed by atoms with Crippen LogP contribution in [0.25, 0.3) is 0 Å². The highest BCUT2D eigenvalue weighted by molar-refractivity contribution is 7.93. The zero-order valence-corrected chi connectivity index (χ0v) is 16.4. The summed E-state index contributed by atoms with van der Waals surface area (Å²) in [7, 11) is -3.27. The van der Waals surface area contributed by atoms with Crippen LogP contribution >= 0.6 is 11.6 Å². The van der Waals surface area contributed by atoms with Gasteiger partial charge in [-0.05, 0) is 75.4 Å². The van der Waals surface area contributed by atoms with Crippen molar-refractivity contribution in [2.75, 3.05) is 5.32 Å². The van der Waals surface area contributed by atoms with E-state index in [1.165, 1.54) is 0 Å². The van der Waals surface area contributed by atoms with Crippen LogP contribution in [0, 0.1) is 6.92 Å². The predicted molar refractivity (Wildman–Crippen MR) is 101 cm³/mol. The fourth-order valence-electron chi connectivity index (χ4n) is 3.08. The van der Waals surface area contributed by atoms with Crippen LogP contribution in [0.15, 0.2) is 24.4 Å². The largest absolute Gasteiger partial charge is 0.340 e. The Hall–Kier alpha value is -1.66. The number of hydrogen-bond acceptors (Lipinski definition) is 5. The summed E-state index contributed by atoms with van der Waals surface area (Å²) in [6, 6.07) is 5.86. The Morgan fingerprint density at radius 3 is 2.68 bits per heavy atom. The van der Waals surface area contributed by atoms with Crippen molar-refractivity contribution in [3.63, 3.8) is 0 Å². The molecule has 1 unspecified atom stereocenters. The number of anilines is 2. The van der Waals surface area contributed by atoms with Gasteiger partial charge < -0.3 is 5.32 Å². The first-order chi connectivity index (χ1) is 11.6. The van der Waals surface area contributed by atoms with Gasteiger partial charge in [-0.15, -0.1) is 0 Å². The lowest BCUT2D eigenvalue weighted by molar-refractivity contribution is 0.544. The quantitative estimate of drug-likeness (QED) is 0.801. The lowest BCUT2D eigenvalue weighted by Crippen LogP contribution is -2.32. The van der Waals surface area contributed by atoms with E-state index in [1.807, 2.05) is 25.1 Å². The molecule has 1 aliphatic carbocycles. The van der Waals surface area contributed by atoms with Gasteiger partial charge in [0.25, 0.3) is 0 Å². The number of benzene rings is 1. The van der Waals surface area contributed by atoms with Gasteiger partial charge in [-0.1, -0.05) is 6.07 Å². The minimum absolute atomic E-state index is 0.169. The molecule has 0 amide bonds. The third-order valence-electron chi connectivity index (χ3n) is 4.60. The Bertz CT molecular complexity index is 920. The Morgan fingerprint density at radius 2 is 2.00 bits per heavy atom. The lowest BCUT2D eigenvalue weighted by atomic mass is 10.1. The molecule has 0 bridgehead atoms. The SMILES string of the molecule is Cc1cnc(Cl)nc1Nc1ccc2c(c1)C(S(=O)(=O)C(C)(C)C)CC2. The molecule has 134 valence electrons. The first-order valence-corrected chi connectivity index (χ1v) is 10.1. The summed E-state index contributed by atoms with van der Waals surface area (Å²) in [6.45, 7) is 7.16. The van der Waals surface area contributed by atoms with Gasteiger partial charge in [-0.3, -0.25) is 0 Å². The first-order valence-electron chi connectivity index (χ1n) is 8.22. The maximum Gasteiger partial charge on any atom is 0.224 e. The Labute approximate surface area is 153 Å². The molecule has 2 aromatic rings. The Morgan fingerprint density at radius 1 is 1.28 bits per heavy atom. The van der Waals surface area contributed by atoms with Crippen LogP contribution in [0.3, 0.4) is 0 Å². The van der Waals surface area contributed by atoms with Crippen LogP contribution < -0.4 is 5.32 Å². The van der Waals surface area contributed by atoms with Gasteiger partial charge in [0.1, 0.15) is 5.82 Å². The average Bonchev–Trinajstić information content (AvgIpc) is 2.93. The molecule has 25 heavy (non-hydrogen) atoms. The third-order valence-corrected chi connectivity index (χ3v) is 7.73. The van der Waals surface area contributed by atoms with E-state index in [-0.39, 0.29) is 5.28 Å². The second-order valence-electron chi connectivity index (χ2n) is 7.39. The first kappa shape index (κ1) is 18.1. The number of aromatic nitrogens is 2. The van der Waals surface area contributed by atoms with Crippen molar-refractivity contribution in [2.24, 2.45) is 0 Å². The van der Waals surface area contributed by atoms with Crippen LogP contribution in [0.4, 0.5) is 11.5 Å². The molecular formula is C18H22ClN3O2S. The summed E-state index contributed by atoms with van der Waals surface area (Å²) < 4.78 is 25.1. The summed E-state index contributed by atoms with van der Waals surface area (Å²) >= 11 is 5.87. The third kappa shape index (κ3) is 3.37. The number of halogens is 1. The number of sulfone groups is 1. The predicted octanol–water partition coefficient (Wildman–Crippen LogP) is 4.38. The molecule has 0 saturated heterocycles. The number of hydrogen-bond donors (Lipinski definition) is 1. The molecular weight excluding hydrogens is 358 g/mol. The number of aryl methyl sites for hydroxylation is 2. The van der Waals surface area contributed by atoms with Crippen LogP contribution in [0.1, 0.15) is 49.1 Å². The van der Waals surface area contributed by atoms with E-state index in [4.69, 9.17) is 11.6 Å².